The van der Waals surface area contributed by atoms with Crippen molar-refractivity contribution in [1.82, 2.24) is 14.8 Å². The van der Waals surface area contributed by atoms with Gasteiger partial charge in [0.2, 0.25) is 0 Å². The number of aromatic nitrogens is 1. The van der Waals surface area contributed by atoms with Crippen molar-refractivity contribution in [2.45, 2.75) is 6.54 Å². The first-order valence-corrected chi connectivity index (χ1v) is 10.2. The smallest absolute Gasteiger partial charge is 0.259 e. The molecule has 7 heteroatoms. The molecule has 0 fully saturated rings. The van der Waals surface area contributed by atoms with E-state index in [-0.39, 0.29) is 6.61 Å². The number of amides is 2. The summed E-state index contributed by atoms with van der Waals surface area (Å²) in [5, 5.41) is 12.5. The molecule has 3 aromatic rings. The minimum Gasteiger partial charge on any atom is -0.496 e. The first-order valence-electron chi connectivity index (χ1n) is 10.2. The number of nitrogens with one attached hydrogen (secondary N) is 1. The van der Waals surface area contributed by atoms with E-state index in [0.29, 0.717) is 41.1 Å². The van der Waals surface area contributed by atoms with Crippen LogP contribution in [0.25, 0.3) is 22.0 Å². The summed E-state index contributed by atoms with van der Waals surface area (Å²) in [4.78, 5) is 27.7. The second-order valence-corrected chi connectivity index (χ2v) is 7.51. The molecular formula is C24H25N3O4. The molecule has 7 nitrogen and oxygen atoms in total. The lowest BCUT2D eigenvalue weighted by molar-refractivity contribution is -0.122. The predicted octanol–water partition coefficient (Wildman–Crippen LogP) is 2.14. The van der Waals surface area contributed by atoms with Gasteiger partial charge in [0, 0.05) is 47.9 Å². The highest BCUT2D eigenvalue weighted by Gasteiger charge is 2.35. The SMILES string of the molecule is COc1ccccc1C1=C(c2cn(CCN(C)CCO)c3ccccc23)C(=O)NC1=O. The number of imide groups is 1. The van der Waals surface area contributed by atoms with Crippen molar-refractivity contribution < 1.29 is 19.4 Å². The van der Waals surface area contributed by atoms with Gasteiger partial charge in [-0.15, -0.1) is 0 Å². The molecule has 1 aromatic heterocycles. The number of hydrogen-bond donors (Lipinski definition) is 2. The first kappa shape index (κ1) is 20.8. The maximum Gasteiger partial charge on any atom is 0.259 e. The highest BCUT2D eigenvalue weighted by molar-refractivity contribution is 6.50. The maximum atomic E-state index is 12.9. The molecule has 2 heterocycles. The monoisotopic (exact) mass is 419 g/mol. The number of benzene rings is 2. The average molecular weight is 419 g/mol. The molecule has 0 radical (unpaired) electrons. The summed E-state index contributed by atoms with van der Waals surface area (Å²) >= 11 is 0. The van der Waals surface area contributed by atoms with Crippen LogP contribution in [0.2, 0.25) is 0 Å². The number of carbonyl (C=O) groups excluding carboxylic acids is 2. The number of aliphatic hydroxyl groups is 1. The van der Waals surface area contributed by atoms with Crippen LogP contribution in [-0.2, 0) is 16.1 Å². The van der Waals surface area contributed by atoms with Crippen molar-refractivity contribution >= 4 is 33.9 Å². The molecule has 2 N–H and O–H groups in total. The quantitative estimate of drug-likeness (QED) is 0.547. The van der Waals surface area contributed by atoms with E-state index in [1.807, 2.05) is 54.5 Å². The number of ether oxygens (including phenoxy) is 1. The maximum absolute atomic E-state index is 12.9. The Morgan fingerprint density at radius 1 is 0.968 bits per heavy atom. The number of fused-ring (bicyclic) bond motifs is 1. The highest BCUT2D eigenvalue weighted by Crippen LogP contribution is 2.38. The lowest BCUT2D eigenvalue weighted by atomic mass is 9.95. The highest BCUT2D eigenvalue weighted by atomic mass is 16.5. The summed E-state index contributed by atoms with van der Waals surface area (Å²) in [6, 6.07) is 15.0. The van der Waals surface area contributed by atoms with Gasteiger partial charge in [0.05, 0.1) is 24.9 Å². The van der Waals surface area contributed by atoms with Gasteiger partial charge < -0.3 is 19.3 Å². The minimum atomic E-state index is -0.427. The van der Waals surface area contributed by atoms with Gasteiger partial charge in [-0.2, -0.15) is 0 Å². The van der Waals surface area contributed by atoms with Gasteiger partial charge in [-0.25, -0.2) is 0 Å². The molecule has 4 rings (SSSR count). The Morgan fingerprint density at radius 2 is 1.65 bits per heavy atom. The van der Waals surface area contributed by atoms with Gasteiger partial charge in [-0.1, -0.05) is 36.4 Å². The molecule has 0 saturated carbocycles. The zero-order valence-corrected chi connectivity index (χ0v) is 17.6. The van der Waals surface area contributed by atoms with E-state index in [0.717, 1.165) is 17.4 Å². The van der Waals surface area contributed by atoms with E-state index in [9.17, 15) is 9.59 Å². The van der Waals surface area contributed by atoms with Crippen LogP contribution < -0.4 is 10.1 Å². The van der Waals surface area contributed by atoms with Crippen molar-refractivity contribution in [2.24, 2.45) is 0 Å². The largest absolute Gasteiger partial charge is 0.496 e. The average Bonchev–Trinajstić information content (AvgIpc) is 3.28. The van der Waals surface area contributed by atoms with E-state index in [1.54, 1.807) is 19.2 Å². The van der Waals surface area contributed by atoms with Crippen LogP contribution in [0.5, 0.6) is 5.75 Å². The van der Waals surface area contributed by atoms with Gasteiger partial charge in [-0.05, 0) is 19.2 Å². The van der Waals surface area contributed by atoms with Gasteiger partial charge in [0.1, 0.15) is 5.75 Å². The van der Waals surface area contributed by atoms with Gasteiger partial charge in [-0.3, -0.25) is 14.9 Å². The van der Waals surface area contributed by atoms with Crippen molar-refractivity contribution in [3.8, 4) is 5.75 Å². The Hall–Kier alpha value is -3.42. The van der Waals surface area contributed by atoms with Crippen molar-refractivity contribution in [3.63, 3.8) is 0 Å². The Labute approximate surface area is 180 Å². The molecule has 2 aromatic carbocycles. The summed E-state index contributed by atoms with van der Waals surface area (Å²) in [6.45, 7) is 2.11. The number of rotatable bonds is 8. The van der Waals surface area contributed by atoms with Crippen LogP contribution in [0.15, 0.2) is 54.7 Å². The van der Waals surface area contributed by atoms with Gasteiger partial charge in [0.25, 0.3) is 11.8 Å². The van der Waals surface area contributed by atoms with E-state index in [2.05, 4.69) is 9.88 Å². The van der Waals surface area contributed by atoms with Crippen LogP contribution in [0, 0.1) is 0 Å². The van der Waals surface area contributed by atoms with Crippen LogP contribution in [0.4, 0.5) is 0 Å². The lowest BCUT2D eigenvalue weighted by Crippen LogP contribution is -2.26. The third-order valence-electron chi connectivity index (χ3n) is 5.57. The number of nitrogens with zero attached hydrogens (tertiary/aromatic N) is 2. The molecule has 1 aliphatic rings. The summed E-state index contributed by atoms with van der Waals surface area (Å²) in [6.07, 6.45) is 1.93. The van der Waals surface area contributed by atoms with E-state index in [1.165, 1.54) is 0 Å². The molecule has 31 heavy (non-hydrogen) atoms. The Balaban J connectivity index is 1.87. The van der Waals surface area contributed by atoms with E-state index in [4.69, 9.17) is 9.84 Å². The fourth-order valence-electron chi connectivity index (χ4n) is 4.01. The second-order valence-electron chi connectivity index (χ2n) is 7.51. The fraction of sp³-hybridized carbons (Fsp3) is 0.250. The van der Waals surface area contributed by atoms with Crippen molar-refractivity contribution in [2.75, 3.05) is 33.9 Å². The lowest BCUT2D eigenvalue weighted by Gasteiger charge is -2.15. The Morgan fingerprint density at radius 3 is 2.39 bits per heavy atom. The van der Waals surface area contributed by atoms with Crippen LogP contribution >= 0.6 is 0 Å². The number of likely N-dealkylation sites (N-methyl/N-ethyl adjacent to an activating group) is 1. The third kappa shape index (κ3) is 3.85. The fourth-order valence-corrected chi connectivity index (χ4v) is 4.01. The van der Waals surface area contributed by atoms with Crippen molar-refractivity contribution in [1.29, 1.82) is 0 Å². The molecule has 0 saturated heterocycles. The second kappa shape index (κ2) is 8.75. The van der Waals surface area contributed by atoms with Crippen molar-refractivity contribution in [3.05, 3.63) is 65.9 Å². The number of hydrogen-bond acceptors (Lipinski definition) is 5. The summed E-state index contributed by atoms with van der Waals surface area (Å²) in [7, 11) is 3.50. The third-order valence-corrected chi connectivity index (χ3v) is 5.57. The normalized spacial score (nSPS) is 14.1. The van der Waals surface area contributed by atoms with Gasteiger partial charge in [0.15, 0.2) is 0 Å². The Kier molecular flexibility index (Phi) is 5.88. The van der Waals surface area contributed by atoms with Crippen LogP contribution in [-0.4, -0.2) is 60.2 Å². The summed E-state index contributed by atoms with van der Waals surface area (Å²) < 4.78 is 7.53. The van der Waals surface area contributed by atoms with E-state index >= 15 is 0 Å². The zero-order valence-electron chi connectivity index (χ0n) is 17.6. The number of carbonyl (C=O) groups is 2. The standard InChI is InChI=1S/C24H25N3O4/c1-26(13-14-28)11-12-27-15-18(16-7-3-5-9-19(16)27)22-21(23(29)25-24(22)30)17-8-4-6-10-20(17)31-2/h3-10,15,28H,11-14H2,1-2H3,(H,25,29,30). The molecule has 0 spiro atoms. The topological polar surface area (TPSA) is 83.8 Å². The molecule has 2 amide bonds. The van der Waals surface area contributed by atoms with Crippen LogP contribution in [0.3, 0.4) is 0 Å². The van der Waals surface area contributed by atoms with Crippen LogP contribution in [0.1, 0.15) is 11.1 Å². The molecule has 0 atom stereocenters. The number of aliphatic hydroxyl groups excluding tert-OH is 1. The summed E-state index contributed by atoms with van der Waals surface area (Å²) in [5.74, 6) is -0.301. The minimum absolute atomic E-state index is 0.103. The zero-order chi connectivity index (χ0) is 22.0. The number of methoxy groups -OCH3 is 1. The first-order chi connectivity index (χ1) is 15.0. The molecular weight excluding hydrogens is 394 g/mol. The predicted molar refractivity (Wildman–Crippen MR) is 119 cm³/mol. The molecule has 160 valence electrons. The summed E-state index contributed by atoms with van der Waals surface area (Å²) in [5.41, 5.74) is 2.96. The molecule has 1 aliphatic heterocycles. The van der Waals surface area contributed by atoms with Gasteiger partial charge >= 0.3 is 0 Å². The number of para-hydroxylation sites is 2. The molecule has 0 aliphatic carbocycles. The molecule has 0 bridgehead atoms. The molecule has 0 unspecified atom stereocenters. The Bertz CT molecular complexity index is 1180. The van der Waals surface area contributed by atoms with E-state index < -0.39 is 11.8 Å².